The Bertz CT molecular complexity index is 1900. The molecule has 8 aliphatic carbocycles. The molecule has 8 aliphatic rings. The first-order valence-corrected chi connectivity index (χ1v) is 29.5. The van der Waals surface area contributed by atoms with Gasteiger partial charge in [0.15, 0.2) is 9.84 Å². The van der Waals surface area contributed by atoms with Gasteiger partial charge in [0, 0.05) is 7.11 Å². The van der Waals surface area contributed by atoms with E-state index < -0.39 is 32.4 Å². The lowest BCUT2D eigenvalue weighted by atomic mass is 9.43. The molecule has 0 aliphatic heterocycles. The molecule has 21 atom stereocenters. The maximum atomic E-state index is 13.9. The van der Waals surface area contributed by atoms with Crippen LogP contribution in [0.2, 0.25) is 0 Å². The Morgan fingerprint density at radius 2 is 0.957 bits per heavy atom. The van der Waals surface area contributed by atoms with Crippen molar-refractivity contribution in [3.05, 3.63) is 30.3 Å². The van der Waals surface area contributed by atoms with Crippen molar-refractivity contribution in [3.8, 4) is 0 Å². The Morgan fingerprint density at radius 3 is 1.40 bits per heavy atom. The van der Waals surface area contributed by atoms with E-state index in [-0.39, 0.29) is 39.7 Å². The zero-order chi connectivity index (χ0) is 49.1. The Balaban J connectivity index is 0.000000291. The summed E-state index contributed by atoms with van der Waals surface area (Å²) in [5.41, 5.74) is 0.578. The van der Waals surface area contributed by atoms with Gasteiger partial charge in [-0.05, 0) is 267 Å². The van der Waals surface area contributed by atoms with E-state index in [1.807, 2.05) is 19.9 Å². The number of fused-ring (bicyclic) bond motifs is 10. The van der Waals surface area contributed by atoms with Gasteiger partial charge in [0.05, 0.1) is 33.6 Å². The van der Waals surface area contributed by atoms with Crippen LogP contribution in [-0.4, -0.2) is 69.7 Å². The van der Waals surface area contributed by atoms with Crippen molar-refractivity contribution in [2.75, 3.05) is 7.11 Å². The van der Waals surface area contributed by atoms with Gasteiger partial charge < -0.3 is 25.5 Å². The summed E-state index contributed by atoms with van der Waals surface area (Å²) in [6.07, 6.45) is 23.6. The topological polar surface area (TPSA) is 135 Å². The Hall–Kier alpha value is -1.03. The summed E-state index contributed by atoms with van der Waals surface area (Å²) in [7, 11) is -2.54. The van der Waals surface area contributed by atoms with Crippen LogP contribution in [0.5, 0.6) is 0 Å². The fourth-order valence-electron chi connectivity index (χ4n) is 19.5. The van der Waals surface area contributed by atoms with Crippen molar-refractivity contribution in [1.82, 2.24) is 0 Å². The van der Waals surface area contributed by atoms with Gasteiger partial charge in [-0.2, -0.15) is 0 Å². The summed E-state index contributed by atoms with van der Waals surface area (Å²) in [5, 5.41) is 48.0. The highest BCUT2D eigenvalue weighted by Crippen LogP contribution is 2.71. The number of rotatable bonds is 10. The van der Waals surface area contributed by atoms with Crippen LogP contribution in [0.15, 0.2) is 35.2 Å². The minimum absolute atomic E-state index is 0. The van der Waals surface area contributed by atoms with Gasteiger partial charge in [-0.1, -0.05) is 82.0 Å². The summed E-state index contributed by atoms with van der Waals surface area (Å²) >= 11 is 0. The zero-order valence-electron chi connectivity index (χ0n) is 44.4. The molecule has 0 bridgehead atoms. The SMILES string of the molecule is C.C.C.CO.C[C@H](C(C[C@@H](C)O)S(=O)(=O)c1ccccc1)[C@H]1CC[C@H]2[C@@H]3CC[C@H]4C[C@@](C)(O)CC[C@]4(C)[C@H]3CC[C@]12C.C[C@H](CC[C@@H](C)O)[C@H]1CC[C@H]2[C@@H]3CC[C@H]4C[C@@](C)(O)CC[C@]4(C)[C@H]3CC[C@]12C. The zero-order valence-corrected chi connectivity index (χ0v) is 45.2. The molecule has 1 unspecified atom stereocenters. The van der Waals surface area contributed by atoms with Crippen molar-refractivity contribution in [1.29, 1.82) is 0 Å². The lowest BCUT2D eigenvalue weighted by molar-refractivity contribution is -0.148. The fraction of sp³-hybridized carbons (Fsp3) is 0.903. The molecule has 0 amide bonds. The van der Waals surface area contributed by atoms with Crippen LogP contribution in [0, 0.1) is 92.7 Å². The molecule has 8 heteroatoms. The Labute approximate surface area is 431 Å². The van der Waals surface area contributed by atoms with Crippen LogP contribution in [0.25, 0.3) is 0 Å². The summed E-state index contributed by atoms with van der Waals surface area (Å²) in [5.74, 6) is 8.19. The number of sulfone groups is 1. The third-order valence-electron chi connectivity index (χ3n) is 23.0. The smallest absolute Gasteiger partial charge is 0.181 e. The molecule has 1 aromatic carbocycles. The van der Waals surface area contributed by atoms with Gasteiger partial charge in [-0.25, -0.2) is 8.42 Å². The first-order valence-electron chi connectivity index (χ1n) is 27.9. The van der Waals surface area contributed by atoms with Crippen LogP contribution in [-0.2, 0) is 9.84 Å². The quantitative estimate of drug-likeness (QED) is 0.158. The summed E-state index contributed by atoms with van der Waals surface area (Å²) < 4.78 is 27.8. The van der Waals surface area contributed by atoms with Crippen molar-refractivity contribution in [2.45, 2.75) is 260 Å². The molecule has 8 fully saturated rings. The van der Waals surface area contributed by atoms with Crippen molar-refractivity contribution in [2.24, 2.45) is 92.7 Å². The number of hydrogen-bond acceptors (Lipinski definition) is 7. The van der Waals surface area contributed by atoms with Crippen LogP contribution < -0.4 is 0 Å². The van der Waals surface area contributed by atoms with Gasteiger partial charge in [0.25, 0.3) is 0 Å². The van der Waals surface area contributed by atoms with Gasteiger partial charge >= 0.3 is 0 Å². The highest BCUT2D eigenvalue weighted by atomic mass is 32.2. The molecule has 0 radical (unpaired) electrons. The molecule has 7 nitrogen and oxygen atoms in total. The molecular formula is C62H112O7S. The lowest BCUT2D eigenvalue weighted by Gasteiger charge is -2.62. The normalized spacial score (nSPS) is 44.7. The summed E-state index contributed by atoms with van der Waals surface area (Å²) in [4.78, 5) is 0.385. The molecule has 70 heavy (non-hydrogen) atoms. The minimum Gasteiger partial charge on any atom is -0.400 e. The van der Waals surface area contributed by atoms with E-state index in [4.69, 9.17) is 5.11 Å². The molecule has 0 heterocycles. The predicted molar refractivity (Wildman–Crippen MR) is 293 cm³/mol. The number of hydrogen-bond donors (Lipinski definition) is 5. The highest BCUT2D eigenvalue weighted by molar-refractivity contribution is 7.92. The van der Waals surface area contributed by atoms with Gasteiger partial charge in [0.1, 0.15) is 0 Å². The van der Waals surface area contributed by atoms with Gasteiger partial charge in [-0.15, -0.1) is 0 Å². The Morgan fingerprint density at radius 1 is 0.529 bits per heavy atom. The molecule has 1 aromatic rings. The summed E-state index contributed by atoms with van der Waals surface area (Å²) in [6, 6.07) is 8.87. The maximum Gasteiger partial charge on any atom is 0.181 e. The second-order valence-electron chi connectivity index (χ2n) is 26.9. The first-order chi connectivity index (χ1) is 31.4. The highest BCUT2D eigenvalue weighted by Gasteiger charge is 2.63. The summed E-state index contributed by atoms with van der Waals surface area (Å²) in [6.45, 7) is 22.7. The fourth-order valence-corrected chi connectivity index (χ4v) is 21.6. The van der Waals surface area contributed by atoms with Crippen LogP contribution in [0.1, 0.15) is 226 Å². The molecule has 0 spiro atoms. The van der Waals surface area contributed by atoms with E-state index in [0.717, 1.165) is 99.4 Å². The number of aliphatic hydroxyl groups is 5. The second kappa shape index (κ2) is 23.1. The van der Waals surface area contributed by atoms with E-state index in [2.05, 4.69) is 48.5 Å². The van der Waals surface area contributed by atoms with Crippen LogP contribution in [0.3, 0.4) is 0 Å². The predicted octanol–water partition coefficient (Wildman–Crippen LogP) is 14.4. The molecular weight excluding hydrogens is 889 g/mol. The molecule has 5 N–H and O–H groups in total. The van der Waals surface area contributed by atoms with E-state index in [9.17, 15) is 28.8 Å². The van der Waals surface area contributed by atoms with Crippen LogP contribution in [0.4, 0.5) is 0 Å². The second-order valence-corrected chi connectivity index (χ2v) is 29.1. The molecule has 0 aromatic heterocycles. The monoisotopic (exact) mass is 1000 g/mol. The number of aliphatic hydroxyl groups excluding tert-OH is 3. The van der Waals surface area contributed by atoms with E-state index >= 15 is 0 Å². The van der Waals surface area contributed by atoms with Gasteiger partial charge in [-0.3, -0.25) is 0 Å². The third kappa shape index (κ3) is 11.4. The van der Waals surface area contributed by atoms with Crippen molar-refractivity contribution >= 4 is 9.84 Å². The lowest BCUT2D eigenvalue weighted by Crippen LogP contribution is -2.56. The van der Waals surface area contributed by atoms with E-state index in [0.29, 0.717) is 45.3 Å². The molecule has 0 saturated heterocycles. The largest absolute Gasteiger partial charge is 0.400 e. The van der Waals surface area contributed by atoms with Crippen molar-refractivity contribution < 1.29 is 34.0 Å². The van der Waals surface area contributed by atoms with Crippen LogP contribution >= 0.6 is 0 Å². The molecule has 8 saturated carbocycles. The Kier molecular flexibility index (Phi) is 20.3. The molecule has 408 valence electrons. The number of benzene rings is 1. The minimum atomic E-state index is -3.54. The molecule has 9 rings (SSSR count). The van der Waals surface area contributed by atoms with Crippen molar-refractivity contribution in [3.63, 3.8) is 0 Å². The van der Waals surface area contributed by atoms with E-state index in [1.165, 1.54) is 83.5 Å². The average molecular weight is 1000 g/mol. The van der Waals surface area contributed by atoms with E-state index in [1.54, 1.807) is 31.2 Å². The first kappa shape index (κ1) is 61.5. The maximum absolute atomic E-state index is 13.9. The third-order valence-corrected chi connectivity index (χ3v) is 25.4. The van der Waals surface area contributed by atoms with Gasteiger partial charge in [0.2, 0.25) is 0 Å². The standard InChI is InChI=1S/C32H50O4S.C26H46O2.CH4O.3CH4/c1-21(33)19-29(37(35,36)24-9-7-6-8-10-24)22(2)26-13-14-27-25-12-11-23-20-30(3,34)17-18-31(23,4)28(25)15-16-32(26,27)5;1-17(6-7-18(2)27)21-10-11-22-20-9-8-19-16-24(3,28)14-15-25(19,4)23(20)12-13-26(21,22)5;1-2;;;/h6-10,21-23,25-29,33-34H,11-20H2,1-5H3;17-23,27-28H,6-16H2,1-5H3;2H,1H3;3*1H4/t21-,22+,23+,25+,26-,27+,28+,29?,30+,31+,32-;17-,18-,19+,20+,21-,22+,23+,24+,25+,26-;;;;/m11..../s1. The average Bonchev–Trinajstić information content (AvgIpc) is 3.83.